The highest BCUT2D eigenvalue weighted by atomic mass is 79.9. The van der Waals surface area contributed by atoms with E-state index < -0.39 is 0 Å². The summed E-state index contributed by atoms with van der Waals surface area (Å²) >= 11 is 16.1. The number of rotatable bonds is 5. The third kappa shape index (κ3) is 4.04. The van der Waals surface area contributed by atoms with Crippen LogP contribution in [0.5, 0.6) is 5.75 Å². The van der Waals surface area contributed by atoms with Crippen LogP contribution in [0, 0.1) is 0 Å². The summed E-state index contributed by atoms with van der Waals surface area (Å²) in [5.74, 6) is 0.501. The first-order chi connectivity index (χ1) is 12.5. The van der Waals surface area contributed by atoms with Crippen molar-refractivity contribution in [2.75, 3.05) is 11.5 Å². The lowest BCUT2D eigenvalue weighted by Gasteiger charge is -2.15. The zero-order valence-corrected chi connectivity index (χ0v) is 17.4. The summed E-state index contributed by atoms with van der Waals surface area (Å²) in [4.78, 5) is 14.9. The zero-order chi connectivity index (χ0) is 18.7. The summed E-state index contributed by atoms with van der Waals surface area (Å²) in [5.41, 5.74) is 1.45. The van der Waals surface area contributed by atoms with Crippen molar-refractivity contribution < 1.29 is 9.53 Å². The maximum atomic E-state index is 12.9. The molecule has 0 bridgehead atoms. The molecule has 132 valence electrons. The van der Waals surface area contributed by atoms with Gasteiger partial charge in [0.25, 0.3) is 5.91 Å². The normalized spacial score (nSPS) is 15.6. The van der Waals surface area contributed by atoms with Gasteiger partial charge >= 0.3 is 0 Å². The fourth-order valence-electron chi connectivity index (χ4n) is 2.34. The Morgan fingerprint density at radius 3 is 2.81 bits per heavy atom. The summed E-state index contributed by atoms with van der Waals surface area (Å²) < 4.78 is 6.87. The van der Waals surface area contributed by atoms with E-state index in [1.54, 1.807) is 30.4 Å². The Labute approximate surface area is 174 Å². The van der Waals surface area contributed by atoms with E-state index in [0.29, 0.717) is 32.3 Å². The van der Waals surface area contributed by atoms with E-state index in [9.17, 15) is 4.79 Å². The lowest BCUT2D eigenvalue weighted by atomic mass is 10.2. The van der Waals surface area contributed by atoms with Gasteiger partial charge in [-0.3, -0.25) is 9.69 Å². The minimum Gasteiger partial charge on any atom is -0.489 e. The van der Waals surface area contributed by atoms with Gasteiger partial charge in [-0.25, -0.2) is 0 Å². The largest absolute Gasteiger partial charge is 0.489 e. The molecule has 3 rings (SSSR count). The van der Waals surface area contributed by atoms with Crippen molar-refractivity contribution >= 4 is 73.5 Å². The predicted molar refractivity (Wildman–Crippen MR) is 117 cm³/mol. The number of carbonyl (C=O) groups excluding carboxylic acids is 1. The summed E-state index contributed by atoms with van der Waals surface area (Å²) in [7, 11) is 0. The summed E-state index contributed by atoms with van der Waals surface area (Å²) in [6, 6.07) is 12.8. The highest BCUT2D eigenvalue weighted by Crippen LogP contribution is 2.38. The molecule has 1 heterocycles. The van der Waals surface area contributed by atoms with E-state index >= 15 is 0 Å². The number of anilines is 1. The molecule has 0 spiro atoms. The van der Waals surface area contributed by atoms with Crippen LogP contribution in [0.1, 0.15) is 5.56 Å². The molecule has 1 fully saturated rings. The number of thiocarbonyl (C=S) groups is 1. The molecule has 0 unspecified atom stereocenters. The van der Waals surface area contributed by atoms with E-state index in [1.807, 2.05) is 24.3 Å². The van der Waals surface area contributed by atoms with Crippen LogP contribution in [0.3, 0.4) is 0 Å². The van der Waals surface area contributed by atoms with Crippen LogP contribution < -0.4 is 9.64 Å². The van der Waals surface area contributed by atoms with Gasteiger partial charge in [0.15, 0.2) is 4.32 Å². The molecule has 2 aromatic rings. The second-order valence-electron chi connectivity index (χ2n) is 5.25. The van der Waals surface area contributed by atoms with Crippen LogP contribution in [0.4, 0.5) is 5.69 Å². The summed E-state index contributed by atoms with van der Waals surface area (Å²) in [6.45, 7) is 4.04. The van der Waals surface area contributed by atoms with Gasteiger partial charge in [0.1, 0.15) is 12.4 Å². The Kier molecular flexibility index (Phi) is 6.19. The molecule has 0 radical (unpaired) electrons. The van der Waals surface area contributed by atoms with Crippen molar-refractivity contribution in [3.63, 3.8) is 0 Å². The molecule has 1 amide bonds. The standard InChI is InChI=1S/C19H13BrClNO2S2/c1-2-9-24-16-6-4-3-5-12(16)10-17-18(23)22(19(25)26-17)13-7-8-14(20)15(21)11-13/h2-8,10-11H,1,9H2/b17-10-. The molecule has 1 saturated heterocycles. The number of benzene rings is 2. The van der Waals surface area contributed by atoms with Crippen molar-refractivity contribution in [2.45, 2.75) is 0 Å². The first kappa shape index (κ1) is 19.2. The molecular formula is C19H13BrClNO2S2. The number of nitrogens with zero attached hydrogens (tertiary/aromatic N) is 1. The highest BCUT2D eigenvalue weighted by Gasteiger charge is 2.33. The van der Waals surface area contributed by atoms with E-state index in [0.717, 1.165) is 10.0 Å². The van der Waals surface area contributed by atoms with Crippen molar-refractivity contribution in [3.8, 4) is 5.75 Å². The zero-order valence-electron chi connectivity index (χ0n) is 13.4. The van der Waals surface area contributed by atoms with Crippen LogP contribution in [-0.2, 0) is 4.79 Å². The Hall–Kier alpha value is -1.60. The quantitative estimate of drug-likeness (QED) is 0.304. The number of hydrogen-bond acceptors (Lipinski definition) is 4. The fourth-order valence-corrected chi connectivity index (χ4v) is 4.05. The van der Waals surface area contributed by atoms with Gasteiger partial charge in [0, 0.05) is 10.0 Å². The molecule has 26 heavy (non-hydrogen) atoms. The van der Waals surface area contributed by atoms with Crippen LogP contribution in [0.2, 0.25) is 5.02 Å². The Bertz CT molecular complexity index is 930. The Morgan fingerprint density at radius 1 is 1.31 bits per heavy atom. The molecule has 1 aliphatic rings. The predicted octanol–water partition coefficient (Wildman–Crippen LogP) is 6.07. The summed E-state index contributed by atoms with van der Waals surface area (Å²) in [6.07, 6.45) is 3.46. The lowest BCUT2D eigenvalue weighted by molar-refractivity contribution is -0.113. The third-order valence-corrected chi connectivity index (χ3v) is 6.05. The number of halogens is 2. The maximum Gasteiger partial charge on any atom is 0.270 e. The molecule has 1 aliphatic heterocycles. The maximum absolute atomic E-state index is 12.9. The first-order valence-corrected chi connectivity index (χ1v) is 9.96. The summed E-state index contributed by atoms with van der Waals surface area (Å²) in [5, 5.41) is 0.517. The minimum atomic E-state index is -0.183. The molecule has 3 nitrogen and oxygen atoms in total. The average Bonchev–Trinajstić information content (AvgIpc) is 2.90. The number of amides is 1. The lowest BCUT2D eigenvalue weighted by Crippen LogP contribution is -2.27. The van der Waals surface area contributed by atoms with E-state index in [-0.39, 0.29) is 5.91 Å². The third-order valence-electron chi connectivity index (χ3n) is 3.52. The minimum absolute atomic E-state index is 0.183. The first-order valence-electron chi connectivity index (χ1n) is 7.57. The molecule has 0 atom stereocenters. The highest BCUT2D eigenvalue weighted by molar-refractivity contribution is 9.10. The van der Waals surface area contributed by atoms with Gasteiger partial charge < -0.3 is 4.74 Å². The number of para-hydroxylation sites is 1. The van der Waals surface area contributed by atoms with Gasteiger partial charge in [0.2, 0.25) is 0 Å². The van der Waals surface area contributed by atoms with Gasteiger partial charge in [-0.1, -0.05) is 66.4 Å². The van der Waals surface area contributed by atoms with Gasteiger partial charge in [0.05, 0.1) is 15.6 Å². The van der Waals surface area contributed by atoms with Crippen molar-refractivity contribution in [2.24, 2.45) is 0 Å². The van der Waals surface area contributed by atoms with Gasteiger partial charge in [-0.15, -0.1) is 0 Å². The van der Waals surface area contributed by atoms with Crippen LogP contribution in [-0.4, -0.2) is 16.8 Å². The van der Waals surface area contributed by atoms with E-state index in [2.05, 4.69) is 22.5 Å². The van der Waals surface area contributed by atoms with Crippen molar-refractivity contribution in [3.05, 3.63) is 75.1 Å². The van der Waals surface area contributed by atoms with Crippen molar-refractivity contribution in [1.82, 2.24) is 0 Å². The molecule has 0 aromatic heterocycles. The molecule has 0 saturated carbocycles. The van der Waals surface area contributed by atoms with Crippen LogP contribution in [0.15, 0.2) is 64.5 Å². The molecule has 7 heteroatoms. The molecule has 0 N–H and O–H groups in total. The molecular weight excluding hydrogens is 454 g/mol. The molecule has 2 aromatic carbocycles. The fraction of sp³-hybridized carbons (Fsp3) is 0.0526. The Balaban J connectivity index is 1.93. The van der Waals surface area contributed by atoms with Crippen molar-refractivity contribution in [1.29, 1.82) is 0 Å². The smallest absolute Gasteiger partial charge is 0.270 e. The van der Waals surface area contributed by atoms with E-state index in [1.165, 1.54) is 16.7 Å². The van der Waals surface area contributed by atoms with Gasteiger partial charge in [-0.05, 0) is 46.3 Å². The second kappa shape index (κ2) is 8.39. The van der Waals surface area contributed by atoms with Gasteiger partial charge in [-0.2, -0.15) is 0 Å². The number of hydrogen-bond donors (Lipinski definition) is 0. The second-order valence-corrected chi connectivity index (χ2v) is 8.19. The Morgan fingerprint density at radius 2 is 2.08 bits per heavy atom. The van der Waals surface area contributed by atoms with Crippen LogP contribution >= 0.6 is 51.5 Å². The number of thioether (sulfide) groups is 1. The number of ether oxygens (including phenoxy) is 1. The topological polar surface area (TPSA) is 29.5 Å². The van der Waals surface area contributed by atoms with E-state index in [4.69, 9.17) is 28.6 Å². The molecule has 0 aliphatic carbocycles. The number of carbonyl (C=O) groups is 1. The van der Waals surface area contributed by atoms with Crippen LogP contribution in [0.25, 0.3) is 6.08 Å². The SMILES string of the molecule is C=CCOc1ccccc1/C=C1\SC(=S)N(c2ccc(Br)c(Cl)c2)C1=O. The average molecular weight is 467 g/mol. The monoisotopic (exact) mass is 465 g/mol.